The summed E-state index contributed by atoms with van der Waals surface area (Å²) in [6.07, 6.45) is 0. The molecule has 0 aliphatic heterocycles. The maximum atomic E-state index is 9.03. The van der Waals surface area contributed by atoms with Gasteiger partial charge in [-0.15, -0.1) is 5.10 Å². The molecule has 0 saturated heterocycles. The second-order valence-electron chi connectivity index (χ2n) is 3.38. The minimum atomic E-state index is -0.108. The predicted molar refractivity (Wildman–Crippen MR) is 54.0 cm³/mol. The number of hydrogen-bond acceptors (Lipinski definition) is 4. The normalized spacial score (nSPS) is 12.6. The second-order valence-corrected chi connectivity index (χ2v) is 3.38. The van der Waals surface area contributed by atoms with Crippen molar-refractivity contribution in [1.29, 1.82) is 5.26 Å². The number of aliphatic hydroxyl groups excluding tert-OH is 1. The molecule has 0 aliphatic carbocycles. The van der Waals surface area contributed by atoms with Crippen molar-refractivity contribution in [3.8, 4) is 6.07 Å². The van der Waals surface area contributed by atoms with Crippen LogP contribution in [0, 0.1) is 11.3 Å². The van der Waals surface area contributed by atoms with Crippen molar-refractivity contribution in [2.24, 2.45) is 0 Å². The van der Waals surface area contributed by atoms with Crippen LogP contribution in [0.4, 0.5) is 0 Å². The average Bonchev–Trinajstić information content (AvgIpc) is 2.70. The van der Waals surface area contributed by atoms with Crippen molar-refractivity contribution in [2.45, 2.75) is 13.0 Å². The van der Waals surface area contributed by atoms with E-state index in [9.17, 15) is 0 Å². The fraction of sp³-hybridized carbons (Fsp3) is 0.300. The van der Waals surface area contributed by atoms with Crippen LogP contribution >= 0.6 is 0 Å². The highest BCUT2D eigenvalue weighted by Crippen LogP contribution is 2.16. The number of nitriles is 1. The van der Waals surface area contributed by atoms with Gasteiger partial charge in [-0.2, -0.15) is 5.26 Å². The maximum absolute atomic E-state index is 9.03. The number of nitrogens with zero attached hydrogens (tertiary/aromatic N) is 4. The fourth-order valence-electron chi connectivity index (χ4n) is 1.41. The first kappa shape index (κ1) is 9.62. The SMILES string of the molecule is CC(CO)n1nnc2cc(C#N)ccc21. The van der Waals surface area contributed by atoms with E-state index in [4.69, 9.17) is 10.4 Å². The van der Waals surface area contributed by atoms with E-state index in [-0.39, 0.29) is 12.6 Å². The zero-order chi connectivity index (χ0) is 10.8. The van der Waals surface area contributed by atoms with Gasteiger partial charge in [-0.25, -0.2) is 4.68 Å². The predicted octanol–water partition coefficient (Wildman–Crippen LogP) is 0.856. The first-order valence-electron chi connectivity index (χ1n) is 4.62. The van der Waals surface area contributed by atoms with E-state index in [0.29, 0.717) is 11.1 Å². The summed E-state index contributed by atoms with van der Waals surface area (Å²) >= 11 is 0. The van der Waals surface area contributed by atoms with E-state index in [1.165, 1.54) is 0 Å². The van der Waals surface area contributed by atoms with Crippen LogP contribution in [0.2, 0.25) is 0 Å². The Bertz CT molecular complexity index is 526. The van der Waals surface area contributed by atoms with Crippen molar-refractivity contribution in [1.82, 2.24) is 15.0 Å². The van der Waals surface area contributed by atoms with Gasteiger partial charge in [0, 0.05) is 0 Å². The van der Waals surface area contributed by atoms with Gasteiger partial charge in [-0.05, 0) is 25.1 Å². The molecule has 0 aliphatic rings. The Labute approximate surface area is 86.6 Å². The van der Waals surface area contributed by atoms with Crippen LogP contribution < -0.4 is 0 Å². The summed E-state index contributed by atoms with van der Waals surface area (Å²) in [5, 5.41) is 25.6. The summed E-state index contributed by atoms with van der Waals surface area (Å²) in [6, 6.07) is 7.13. The molecule has 0 bridgehead atoms. The number of fused-ring (bicyclic) bond motifs is 1. The highest BCUT2D eigenvalue weighted by Gasteiger charge is 2.10. The molecule has 0 spiro atoms. The standard InChI is InChI=1S/C10H10N4O/c1-7(6-15)14-10-3-2-8(5-11)4-9(10)12-13-14/h2-4,7,15H,6H2,1H3. The van der Waals surface area contributed by atoms with Gasteiger partial charge >= 0.3 is 0 Å². The van der Waals surface area contributed by atoms with E-state index in [1.807, 2.05) is 13.0 Å². The van der Waals surface area contributed by atoms with Crippen molar-refractivity contribution in [3.63, 3.8) is 0 Å². The lowest BCUT2D eigenvalue weighted by Crippen LogP contribution is -2.10. The Balaban J connectivity index is 2.58. The summed E-state index contributed by atoms with van der Waals surface area (Å²) < 4.78 is 1.65. The molecule has 76 valence electrons. The number of rotatable bonds is 2. The fourth-order valence-corrected chi connectivity index (χ4v) is 1.41. The Morgan fingerprint density at radius 2 is 2.40 bits per heavy atom. The van der Waals surface area contributed by atoms with Gasteiger partial charge in [-0.3, -0.25) is 0 Å². The van der Waals surface area contributed by atoms with Crippen molar-refractivity contribution in [3.05, 3.63) is 23.8 Å². The molecule has 1 unspecified atom stereocenters. The third-order valence-corrected chi connectivity index (χ3v) is 2.28. The topological polar surface area (TPSA) is 74.7 Å². The monoisotopic (exact) mass is 202 g/mol. The van der Waals surface area contributed by atoms with Crippen LogP contribution in [0.15, 0.2) is 18.2 Å². The number of hydrogen-bond donors (Lipinski definition) is 1. The number of benzene rings is 1. The smallest absolute Gasteiger partial charge is 0.114 e. The Morgan fingerprint density at radius 3 is 3.07 bits per heavy atom. The molecule has 1 N–H and O–H groups in total. The molecule has 15 heavy (non-hydrogen) atoms. The van der Waals surface area contributed by atoms with Crippen LogP contribution in [0.5, 0.6) is 0 Å². The highest BCUT2D eigenvalue weighted by atomic mass is 16.3. The van der Waals surface area contributed by atoms with Gasteiger partial charge in [0.25, 0.3) is 0 Å². The minimum Gasteiger partial charge on any atom is -0.394 e. The Hall–Kier alpha value is -1.93. The minimum absolute atomic E-state index is 0.0124. The van der Waals surface area contributed by atoms with Gasteiger partial charge < -0.3 is 5.11 Å². The molecule has 0 amide bonds. The van der Waals surface area contributed by atoms with Crippen molar-refractivity contribution in [2.75, 3.05) is 6.61 Å². The lowest BCUT2D eigenvalue weighted by molar-refractivity contribution is 0.231. The molecule has 1 atom stereocenters. The van der Waals surface area contributed by atoms with Crippen LogP contribution in [-0.2, 0) is 0 Å². The van der Waals surface area contributed by atoms with E-state index in [2.05, 4.69) is 10.3 Å². The summed E-state index contributed by atoms with van der Waals surface area (Å²) in [7, 11) is 0. The molecule has 1 aromatic carbocycles. The molecule has 5 heteroatoms. The summed E-state index contributed by atoms with van der Waals surface area (Å²) in [5.41, 5.74) is 2.07. The lowest BCUT2D eigenvalue weighted by atomic mass is 10.2. The molecule has 2 rings (SSSR count). The summed E-state index contributed by atoms with van der Waals surface area (Å²) in [4.78, 5) is 0. The van der Waals surface area contributed by atoms with Crippen molar-refractivity contribution >= 4 is 11.0 Å². The van der Waals surface area contributed by atoms with Crippen LogP contribution in [-0.4, -0.2) is 26.7 Å². The van der Waals surface area contributed by atoms with Crippen LogP contribution in [0.1, 0.15) is 18.5 Å². The molecule has 0 fully saturated rings. The first-order valence-corrected chi connectivity index (χ1v) is 4.62. The summed E-state index contributed by atoms with van der Waals surface area (Å²) in [5.74, 6) is 0. The number of aromatic nitrogens is 3. The molecule has 0 radical (unpaired) electrons. The molecule has 5 nitrogen and oxygen atoms in total. The summed E-state index contributed by atoms with van der Waals surface area (Å²) in [6.45, 7) is 1.87. The molecule has 1 aromatic heterocycles. The third kappa shape index (κ3) is 1.55. The van der Waals surface area contributed by atoms with Gasteiger partial charge in [0.2, 0.25) is 0 Å². The van der Waals surface area contributed by atoms with E-state index >= 15 is 0 Å². The highest BCUT2D eigenvalue weighted by molar-refractivity contribution is 5.76. The van der Waals surface area contributed by atoms with Gasteiger partial charge in [0.15, 0.2) is 0 Å². The van der Waals surface area contributed by atoms with Gasteiger partial charge in [-0.1, -0.05) is 5.21 Å². The zero-order valence-corrected chi connectivity index (χ0v) is 8.25. The number of aliphatic hydroxyl groups is 1. The van der Waals surface area contributed by atoms with Gasteiger partial charge in [0.1, 0.15) is 5.52 Å². The average molecular weight is 202 g/mol. The molecule has 1 heterocycles. The van der Waals surface area contributed by atoms with E-state index in [0.717, 1.165) is 5.52 Å². The third-order valence-electron chi connectivity index (χ3n) is 2.28. The van der Waals surface area contributed by atoms with E-state index in [1.54, 1.807) is 22.9 Å². The Kier molecular flexibility index (Phi) is 2.35. The second kappa shape index (κ2) is 3.67. The molecule has 2 aromatic rings. The molecule has 0 saturated carbocycles. The molecular formula is C10H10N4O. The molecular weight excluding hydrogens is 192 g/mol. The first-order chi connectivity index (χ1) is 7.26. The Morgan fingerprint density at radius 1 is 1.60 bits per heavy atom. The quantitative estimate of drug-likeness (QED) is 0.783. The zero-order valence-electron chi connectivity index (χ0n) is 8.25. The maximum Gasteiger partial charge on any atom is 0.114 e. The lowest BCUT2D eigenvalue weighted by Gasteiger charge is -2.07. The largest absolute Gasteiger partial charge is 0.394 e. The van der Waals surface area contributed by atoms with Crippen LogP contribution in [0.3, 0.4) is 0 Å². The van der Waals surface area contributed by atoms with Crippen molar-refractivity contribution < 1.29 is 5.11 Å². The van der Waals surface area contributed by atoms with E-state index < -0.39 is 0 Å². The van der Waals surface area contributed by atoms with Gasteiger partial charge in [0.05, 0.1) is 29.8 Å². The van der Waals surface area contributed by atoms with Crippen LogP contribution in [0.25, 0.3) is 11.0 Å².